The summed E-state index contributed by atoms with van der Waals surface area (Å²) in [6, 6.07) is 4.76. The first-order valence-corrected chi connectivity index (χ1v) is 8.14. The molecule has 0 amide bonds. The van der Waals surface area contributed by atoms with Crippen LogP contribution in [0.25, 0.3) is 0 Å². The Labute approximate surface area is 124 Å². The monoisotopic (exact) mass is 369 g/mol. The van der Waals surface area contributed by atoms with Crippen LogP contribution in [-0.4, -0.2) is 18.1 Å². The van der Waals surface area contributed by atoms with Gasteiger partial charge in [0.25, 0.3) is 10.0 Å². The summed E-state index contributed by atoms with van der Waals surface area (Å²) in [6.07, 6.45) is 0. The summed E-state index contributed by atoms with van der Waals surface area (Å²) < 4.78 is 34.6. The van der Waals surface area contributed by atoms with Crippen LogP contribution in [0.5, 0.6) is 0 Å². The quantitative estimate of drug-likeness (QED) is 0.309. The van der Waals surface area contributed by atoms with Gasteiger partial charge in [0.05, 0.1) is 18.1 Å². The molecule has 0 aliphatic heterocycles. The minimum absolute atomic E-state index is 0.0243. The van der Waals surface area contributed by atoms with Gasteiger partial charge < -0.3 is 9.05 Å². The lowest BCUT2D eigenvalue weighted by Gasteiger charge is -2.27. The smallest absolute Gasteiger partial charge is 0.306 e. The van der Waals surface area contributed by atoms with Gasteiger partial charge in [0.15, 0.2) is 0 Å². The molecule has 0 heterocycles. The molecule has 112 valence electrons. The molecule has 0 aliphatic carbocycles. The van der Waals surface area contributed by atoms with E-state index in [-0.39, 0.29) is 24.5 Å². The van der Waals surface area contributed by atoms with E-state index < -0.39 is 16.8 Å². The lowest BCUT2D eigenvalue weighted by Crippen LogP contribution is -2.16. The fourth-order valence-corrected chi connectivity index (χ4v) is 3.90. The topological polar surface area (TPSA) is 78.7 Å². The van der Waals surface area contributed by atoms with Gasteiger partial charge in [0.1, 0.15) is 0 Å². The highest BCUT2D eigenvalue weighted by Crippen LogP contribution is 2.69. The molecule has 0 N–H and O–H groups in total. The van der Waals surface area contributed by atoms with Crippen LogP contribution in [0.15, 0.2) is 24.3 Å². The predicted molar refractivity (Wildman–Crippen MR) is 75.7 cm³/mol. The number of benzene rings is 1. The van der Waals surface area contributed by atoms with Crippen LogP contribution < -0.4 is 0 Å². The summed E-state index contributed by atoms with van der Waals surface area (Å²) in [5, 5.41) is 10.7. The van der Waals surface area contributed by atoms with Crippen molar-refractivity contribution in [2.75, 3.05) is 13.2 Å². The molecule has 0 fully saturated rings. The van der Waals surface area contributed by atoms with Crippen molar-refractivity contribution in [2.45, 2.75) is 18.2 Å². The molecule has 0 aliphatic rings. The maximum absolute atomic E-state index is 14.9. The molecular weight excluding hydrogens is 356 g/mol. The van der Waals surface area contributed by atoms with Gasteiger partial charge in [-0.25, -0.2) is 4.39 Å². The Morgan fingerprint density at radius 3 is 2.40 bits per heavy atom. The second kappa shape index (κ2) is 6.76. The molecule has 1 rings (SSSR count). The molecule has 0 radical (unpaired) electrons. The van der Waals surface area contributed by atoms with Gasteiger partial charge >= 0.3 is 7.60 Å². The van der Waals surface area contributed by atoms with Crippen molar-refractivity contribution >= 4 is 29.2 Å². The average Bonchev–Trinajstić information content (AvgIpc) is 2.39. The first-order valence-electron chi connectivity index (χ1n) is 5.80. The molecule has 0 saturated carbocycles. The fourth-order valence-electron chi connectivity index (χ4n) is 1.50. The zero-order valence-electron chi connectivity index (χ0n) is 10.9. The van der Waals surface area contributed by atoms with Gasteiger partial charge in [-0.05, 0) is 29.8 Å². The van der Waals surface area contributed by atoms with Crippen LogP contribution in [0.2, 0.25) is 0 Å². The lowest BCUT2D eigenvalue weighted by molar-refractivity contribution is -0.384. The van der Waals surface area contributed by atoms with Gasteiger partial charge in [-0.3, -0.25) is 14.7 Å². The summed E-state index contributed by atoms with van der Waals surface area (Å²) in [7, 11) is -4.17. The highest BCUT2D eigenvalue weighted by molar-refractivity contribution is 9.10. The van der Waals surface area contributed by atoms with Crippen molar-refractivity contribution in [2.24, 2.45) is 0 Å². The van der Waals surface area contributed by atoms with Gasteiger partial charge in [-0.1, -0.05) is 12.1 Å². The molecule has 1 unspecified atom stereocenters. The standard InChI is InChI=1S/C11H14BrFNO5P/c1-3-18-20(17,19-4-2)11(12,13)9-6-5-7-10(8-9)14(15)16/h5-8H,3-4H2,1-2H3. The van der Waals surface area contributed by atoms with Crippen molar-refractivity contribution < 1.29 is 22.9 Å². The maximum Gasteiger partial charge on any atom is 0.383 e. The fraction of sp³-hybridized carbons (Fsp3) is 0.455. The van der Waals surface area contributed by atoms with E-state index in [1.807, 2.05) is 0 Å². The number of nitrogens with zero attached hydrogens (tertiary/aromatic N) is 1. The number of halogens is 2. The first kappa shape index (κ1) is 17.2. The third kappa shape index (κ3) is 3.44. The van der Waals surface area contributed by atoms with Crippen molar-refractivity contribution in [3.05, 3.63) is 39.9 Å². The number of hydrogen-bond donors (Lipinski definition) is 0. The molecule has 20 heavy (non-hydrogen) atoms. The zero-order valence-corrected chi connectivity index (χ0v) is 13.4. The number of alkyl halides is 2. The first-order chi connectivity index (χ1) is 9.28. The van der Waals surface area contributed by atoms with Crippen LogP contribution in [-0.2, 0) is 17.9 Å². The Bertz CT molecular complexity index is 529. The van der Waals surface area contributed by atoms with Gasteiger partial charge in [-0.15, -0.1) is 0 Å². The van der Waals surface area contributed by atoms with E-state index >= 15 is 0 Å². The van der Waals surface area contributed by atoms with E-state index in [1.54, 1.807) is 13.8 Å². The third-order valence-corrected chi connectivity index (χ3v) is 6.25. The highest BCUT2D eigenvalue weighted by atomic mass is 79.9. The van der Waals surface area contributed by atoms with E-state index in [1.165, 1.54) is 18.2 Å². The number of nitro groups is 1. The van der Waals surface area contributed by atoms with Crippen LogP contribution in [0.3, 0.4) is 0 Å². The third-order valence-electron chi connectivity index (χ3n) is 2.35. The lowest BCUT2D eigenvalue weighted by atomic mass is 10.2. The van der Waals surface area contributed by atoms with Crippen molar-refractivity contribution in [1.29, 1.82) is 0 Å². The van der Waals surface area contributed by atoms with Crippen LogP contribution in [0.4, 0.5) is 10.1 Å². The Morgan fingerprint density at radius 2 is 1.95 bits per heavy atom. The number of rotatable bonds is 7. The summed E-state index contributed by atoms with van der Waals surface area (Å²) in [6.45, 7) is 3.04. The predicted octanol–water partition coefficient (Wildman–Crippen LogP) is 4.34. The molecule has 9 heteroatoms. The molecular formula is C11H14BrFNO5P. The van der Waals surface area contributed by atoms with Crippen LogP contribution >= 0.6 is 23.5 Å². The summed E-state index contributed by atoms with van der Waals surface area (Å²) >= 11 is 2.70. The Hall–Kier alpha value is -0.820. The molecule has 1 aromatic carbocycles. The summed E-state index contributed by atoms with van der Waals surface area (Å²) in [5.41, 5.74) is -0.513. The van der Waals surface area contributed by atoms with Gasteiger partial charge in [0, 0.05) is 17.7 Å². The Kier molecular flexibility index (Phi) is 5.82. The van der Waals surface area contributed by atoms with Crippen LogP contribution in [0.1, 0.15) is 19.4 Å². The second-order valence-corrected chi connectivity index (χ2v) is 7.51. The van der Waals surface area contributed by atoms with Crippen molar-refractivity contribution in [3.63, 3.8) is 0 Å². The second-order valence-electron chi connectivity index (χ2n) is 3.68. The minimum atomic E-state index is -4.17. The largest absolute Gasteiger partial charge is 0.383 e. The summed E-state index contributed by atoms with van der Waals surface area (Å²) in [4.78, 5) is 10.0. The van der Waals surface area contributed by atoms with E-state index in [9.17, 15) is 19.1 Å². The van der Waals surface area contributed by atoms with Gasteiger partial charge in [0.2, 0.25) is 0 Å². The molecule has 0 spiro atoms. The molecule has 0 saturated heterocycles. The Balaban J connectivity index is 3.28. The minimum Gasteiger partial charge on any atom is -0.306 e. The maximum atomic E-state index is 14.9. The van der Waals surface area contributed by atoms with E-state index in [0.717, 1.165) is 6.07 Å². The summed E-state index contributed by atoms with van der Waals surface area (Å²) in [5.74, 6) is 0. The zero-order chi connectivity index (χ0) is 15.4. The van der Waals surface area contributed by atoms with E-state index in [2.05, 4.69) is 15.9 Å². The number of non-ortho nitro benzene ring substituents is 1. The molecule has 0 aromatic heterocycles. The molecule has 1 atom stereocenters. The van der Waals surface area contributed by atoms with E-state index in [0.29, 0.717) is 0 Å². The normalized spacial score (nSPS) is 14.8. The number of nitro benzene ring substituents is 1. The molecule has 0 bridgehead atoms. The van der Waals surface area contributed by atoms with Crippen LogP contribution in [0, 0.1) is 10.1 Å². The number of hydrogen-bond acceptors (Lipinski definition) is 5. The SMILES string of the molecule is CCOP(=O)(OCC)C(F)(Br)c1cccc([N+](=O)[O-])c1. The highest BCUT2D eigenvalue weighted by Gasteiger charge is 2.52. The van der Waals surface area contributed by atoms with Crippen molar-refractivity contribution in [3.8, 4) is 0 Å². The molecule has 6 nitrogen and oxygen atoms in total. The Morgan fingerprint density at radius 1 is 1.40 bits per heavy atom. The van der Waals surface area contributed by atoms with Gasteiger partial charge in [-0.2, -0.15) is 0 Å². The van der Waals surface area contributed by atoms with Crippen molar-refractivity contribution in [1.82, 2.24) is 0 Å². The molecule has 1 aromatic rings. The average molecular weight is 370 g/mol. The van der Waals surface area contributed by atoms with E-state index in [4.69, 9.17) is 9.05 Å².